The summed E-state index contributed by atoms with van der Waals surface area (Å²) in [7, 11) is 1.32. The number of rotatable bonds is 3. The number of hydrogen-bond donors (Lipinski definition) is 0. The van der Waals surface area contributed by atoms with Crippen LogP contribution in [0.1, 0.15) is 10.4 Å². The van der Waals surface area contributed by atoms with E-state index in [-0.39, 0.29) is 5.88 Å². The van der Waals surface area contributed by atoms with Crippen molar-refractivity contribution in [3.05, 3.63) is 51.7 Å². The van der Waals surface area contributed by atoms with Gasteiger partial charge in [-0.05, 0) is 52.9 Å². The van der Waals surface area contributed by atoms with Gasteiger partial charge in [0.15, 0.2) is 0 Å². The predicted octanol–water partition coefficient (Wildman–Crippen LogP) is 3.27. The van der Waals surface area contributed by atoms with E-state index in [1.165, 1.54) is 7.11 Å². The summed E-state index contributed by atoms with van der Waals surface area (Å²) in [5.74, 6) is 0.404. The quantitative estimate of drug-likeness (QED) is 0.627. The first-order chi connectivity index (χ1) is 8.70. The number of halogens is 1. The lowest BCUT2D eigenvalue weighted by atomic mass is 10.3. The Hall–Kier alpha value is -1.63. The molecule has 4 nitrogen and oxygen atoms in total. The molecule has 18 heavy (non-hydrogen) atoms. The number of ether oxygens (including phenoxy) is 2. The highest BCUT2D eigenvalue weighted by molar-refractivity contribution is 14.1. The zero-order valence-electron chi connectivity index (χ0n) is 9.59. The summed E-state index contributed by atoms with van der Waals surface area (Å²) in [5, 5.41) is 0. The standard InChI is InChI=1S/C13H10INO3/c1-17-13(16)11-6-3-7-15-12(11)18-10-5-2-4-9(14)8-10/h2-8H,1H3. The molecule has 0 amide bonds. The van der Waals surface area contributed by atoms with Crippen LogP contribution in [0.15, 0.2) is 42.6 Å². The van der Waals surface area contributed by atoms with Crippen LogP contribution < -0.4 is 4.74 Å². The van der Waals surface area contributed by atoms with E-state index in [0.717, 1.165) is 3.57 Å². The van der Waals surface area contributed by atoms with Gasteiger partial charge in [-0.25, -0.2) is 9.78 Å². The molecule has 92 valence electrons. The third-order valence-corrected chi connectivity index (χ3v) is 2.86. The van der Waals surface area contributed by atoms with Crippen molar-refractivity contribution in [2.24, 2.45) is 0 Å². The Morgan fingerprint density at radius 1 is 1.28 bits per heavy atom. The molecule has 0 aliphatic carbocycles. The van der Waals surface area contributed by atoms with Crippen LogP contribution in [-0.4, -0.2) is 18.1 Å². The lowest BCUT2D eigenvalue weighted by Gasteiger charge is -2.08. The van der Waals surface area contributed by atoms with Crippen LogP contribution in [0.25, 0.3) is 0 Å². The molecule has 0 N–H and O–H groups in total. The number of pyridine rings is 1. The molecular weight excluding hydrogens is 345 g/mol. The number of hydrogen-bond acceptors (Lipinski definition) is 4. The average molecular weight is 355 g/mol. The summed E-state index contributed by atoms with van der Waals surface area (Å²) in [4.78, 5) is 15.6. The van der Waals surface area contributed by atoms with Crippen LogP contribution in [0, 0.1) is 3.57 Å². The Balaban J connectivity index is 2.32. The monoisotopic (exact) mass is 355 g/mol. The van der Waals surface area contributed by atoms with Gasteiger partial charge in [0.25, 0.3) is 0 Å². The lowest BCUT2D eigenvalue weighted by Crippen LogP contribution is -2.04. The Morgan fingerprint density at radius 2 is 2.11 bits per heavy atom. The topological polar surface area (TPSA) is 48.4 Å². The fraction of sp³-hybridized carbons (Fsp3) is 0.0769. The van der Waals surface area contributed by atoms with Crippen LogP contribution >= 0.6 is 22.6 Å². The van der Waals surface area contributed by atoms with Gasteiger partial charge >= 0.3 is 5.97 Å². The van der Waals surface area contributed by atoms with Gasteiger partial charge in [0.05, 0.1) is 7.11 Å². The Bertz CT molecular complexity index is 572. The molecular formula is C13H10INO3. The summed E-state index contributed by atoms with van der Waals surface area (Å²) in [6, 6.07) is 10.8. The maximum absolute atomic E-state index is 11.5. The van der Waals surface area contributed by atoms with Crippen molar-refractivity contribution in [2.75, 3.05) is 7.11 Å². The fourth-order valence-corrected chi connectivity index (χ4v) is 1.89. The van der Waals surface area contributed by atoms with E-state index in [4.69, 9.17) is 4.74 Å². The van der Waals surface area contributed by atoms with Gasteiger partial charge in [0.2, 0.25) is 5.88 Å². The van der Waals surface area contributed by atoms with Crippen molar-refractivity contribution >= 4 is 28.6 Å². The van der Waals surface area contributed by atoms with Gasteiger partial charge in [-0.15, -0.1) is 0 Å². The van der Waals surface area contributed by atoms with E-state index >= 15 is 0 Å². The SMILES string of the molecule is COC(=O)c1cccnc1Oc1cccc(I)c1. The highest BCUT2D eigenvalue weighted by atomic mass is 127. The van der Waals surface area contributed by atoms with Crippen molar-refractivity contribution in [1.82, 2.24) is 4.98 Å². The highest BCUT2D eigenvalue weighted by Crippen LogP contribution is 2.24. The minimum atomic E-state index is -0.469. The molecule has 1 aromatic heterocycles. The van der Waals surface area contributed by atoms with Gasteiger partial charge in [-0.2, -0.15) is 0 Å². The van der Waals surface area contributed by atoms with Crippen molar-refractivity contribution in [1.29, 1.82) is 0 Å². The zero-order valence-corrected chi connectivity index (χ0v) is 11.7. The van der Waals surface area contributed by atoms with Gasteiger partial charge in [0.1, 0.15) is 11.3 Å². The minimum absolute atomic E-state index is 0.242. The predicted molar refractivity (Wildman–Crippen MR) is 74.8 cm³/mol. The molecule has 0 bridgehead atoms. The first-order valence-electron chi connectivity index (χ1n) is 5.17. The van der Waals surface area contributed by atoms with Crippen LogP contribution in [0.5, 0.6) is 11.6 Å². The molecule has 1 aromatic carbocycles. The maximum atomic E-state index is 11.5. The number of esters is 1. The first-order valence-corrected chi connectivity index (χ1v) is 6.25. The van der Waals surface area contributed by atoms with Crippen molar-refractivity contribution in [3.8, 4) is 11.6 Å². The van der Waals surface area contributed by atoms with Crippen molar-refractivity contribution in [2.45, 2.75) is 0 Å². The number of nitrogens with zero attached hydrogens (tertiary/aromatic N) is 1. The molecule has 0 radical (unpaired) electrons. The van der Waals surface area contributed by atoms with E-state index in [9.17, 15) is 4.79 Å². The van der Waals surface area contributed by atoms with Crippen LogP contribution in [0.3, 0.4) is 0 Å². The third-order valence-electron chi connectivity index (χ3n) is 2.19. The van der Waals surface area contributed by atoms with Crippen molar-refractivity contribution in [3.63, 3.8) is 0 Å². The molecule has 0 aliphatic rings. The Labute approximate surface area is 118 Å². The van der Waals surface area contributed by atoms with Crippen LogP contribution in [0.4, 0.5) is 0 Å². The summed E-state index contributed by atoms with van der Waals surface area (Å²) in [6.45, 7) is 0. The van der Waals surface area contributed by atoms with Crippen LogP contribution in [-0.2, 0) is 4.74 Å². The zero-order chi connectivity index (χ0) is 13.0. The second kappa shape index (κ2) is 5.81. The molecule has 0 atom stereocenters. The Kier molecular flexibility index (Phi) is 4.14. The lowest BCUT2D eigenvalue weighted by molar-refractivity contribution is 0.0597. The van der Waals surface area contributed by atoms with E-state index < -0.39 is 5.97 Å². The largest absolute Gasteiger partial charge is 0.465 e. The minimum Gasteiger partial charge on any atom is -0.465 e. The fourth-order valence-electron chi connectivity index (χ4n) is 1.38. The number of carbonyl (C=O) groups is 1. The summed E-state index contributed by atoms with van der Waals surface area (Å²) >= 11 is 2.19. The normalized spacial score (nSPS) is 9.89. The summed E-state index contributed by atoms with van der Waals surface area (Å²) in [6.07, 6.45) is 1.57. The second-order valence-electron chi connectivity index (χ2n) is 3.41. The molecule has 5 heteroatoms. The van der Waals surface area contributed by atoms with E-state index in [2.05, 4.69) is 32.3 Å². The summed E-state index contributed by atoms with van der Waals surface area (Å²) < 4.78 is 11.3. The van der Waals surface area contributed by atoms with E-state index in [1.807, 2.05) is 18.2 Å². The van der Waals surface area contributed by atoms with Gasteiger partial charge in [0, 0.05) is 9.77 Å². The number of methoxy groups -OCH3 is 1. The smallest absolute Gasteiger partial charge is 0.343 e. The van der Waals surface area contributed by atoms with E-state index in [0.29, 0.717) is 11.3 Å². The number of carbonyl (C=O) groups excluding carboxylic acids is 1. The molecule has 1 heterocycles. The van der Waals surface area contributed by atoms with E-state index in [1.54, 1.807) is 24.4 Å². The van der Waals surface area contributed by atoms with Gasteiger partial charge < -0.3 is 9.47 Å². The average Bonchev–Trinajstić information content (AvgIpc) is 2.38. The van der Waals surface area contributed by atoms with Gasteiger partial charge in [-0.3, -0.25) is 0 Å². The summed E-state index contributed by atoms with van der Waals surface area (Å²) in [5.41, 5.74) is 0.305. The molecule has 0 spiro atoms. The third kappa shape index (κ3) is 2.98. The first kappa shape index (κ1) is 12.8. The van der Waals surface area contributed by atoms with Crippen LogP contribution in [0.2, 0.25) is 0 Å². The highest BCUT2D eigenvalue weighted by Gasteiger charge is 2.14. The second-order valence-corrected chi connectivity index (χ2v) is 4.65. The molecule has 0 saturated heterocycles. The molecule has 0 aliphatic heterocycles. The molecule has 2 rings (SSSR count). The molecule has 0 unspecified atom stereocenters. The molecule has 0 fully saturated rings. The van der Waals surface area contributed by atoms with Gasteiger partial charge in [-0.1, -0.05) is 6.07 Å². The maximum Gasteiger partial charge on any atom is 0.343 e. The number of benzene rings is 1. The molecule has 2 aromatic rings. The number of aromatic nitrogens is 1. The van der Waals surface area contributed by atoms with Crippen molar-refractivity contribution < 1.29 is 14.3 Å². The Morgan fingerprint density at radius 3 is 2.83 bits per heavy atom. The molecule has 0 saturated carbocycles.